The SMILES string of the molecule is O=C(NCCc1nc(Cc2ccccc2)no1)[C@@H]1CCC[C@H](O)C1. The van der Waals surface area contributed by atoms with E-state index in [1.807, 2.05) is 30.3 Å². The summed E-state index contributed by atoms with van der Waals surface area (Å²) in [4.78, 5) is 16.4. The summed E-state index contributed by atoms with van der Waals surface area (Å²) in [5, 5.41) is 16.5. The van der Waals surface area contributed by atoms with Crippen LogP contribution in [0.4, 0.5) is 0 Å². The first-order valence-corrected chi connectivity index (χ1v) is 8.52. The van der Waals surface area contributed by atoms with Crippen LogP contribution in [0.2, 0.25) is 0 Å². The Morgan fingerprint density at radius 1 is 1.29 bits per heavy atom. The van der Waals surface area contributed by atoms with Crippen molar-refractivity contribution < 1.29 is 14.4 Å². The first kappa shape index (κ1) is 16.6. The molecule has 2 N–H and O–H groups in total. The second-order valence-corrected chi connectivity index (χ2v) is 6.33. The number of hydrogen-bond donors (Lipinski definition) is 2. The van der Waals surface area contributed by atoms with Gasteiger partial charge in [-0.05, 0) is 24.8 Å². The fourth-order valence-corrected chi connectivity index (χ4v) is 3.08. The highest BCUT2D eigenvalue weighted by molar-refractivity contribution is 5.78. The zero-order chi connectivity index (χ0) is 16.8. The Hall–Kier alpha value is -2.21. The number of carbonyl (C=O) groups excluding carboxylic acids is 1. The van der Waals surface area contributed by atoms with E-state index in [1.54, 1.807) is 0 Å². The number of hydrogen-bond acceptors (Lipinski definition) is 5. The van der Waals surface area contributed by atoms with E-state index in [1.165, 1.54) is 0 Å². The van der Waals surface area contributed by atoms with Crippen molar-refractivity contribution in [3.8, 4) is 0 Å². The second kappa shape index (κ2) is 8.06. The summed E-state index contributed by atoms with van der Waals surface area (Å²) in [7, 11) is 0. The van der Waals surface area contributed by atoms with E-state index in [-0.39, 0.29) is 17.9 Å². The summed E-state index contributed by atoms with van der Waals surface area (Å²) in [5.74, 6) is 1.12. The van der Waals surface area contributed by atoms with Crippen molar-refractivity contribution in [3.05, 3.63) is 47.6 Å². The van der Waals surface area contributed by atoms with Gasteiger partial charge in [0.2, 0.25) is 11.8 Å². The van der Waals surface area contributed by atoms with Gasteiger partial charge in [-0.2, -0.15) is 4.98 Å². The molecule has 1 aliphatic carbocycles. The quantitative estimate of drug-likeness (QED) is 0.844. The van der Waals surface area contributed by atoms with E-state index in [0.717, 1.165) is 24.8 Å². The van der Waals surface area contributed by atoms with Crippen LogP contribution in [-0.2, 0) is 17.6 Å². The van der Waals surface area contributed by atoms with Crippen molar-refractivity contribution >= 4 is 5.91 Å². The number of carbonyl (C=O) groups is 1. The minimum Gasteiger partial charge on any atom is -0.393 e. The molecule has 2 atom stereocenters. The molecule has 2 aromatic rings. The Bertz CT molecular complexity index is 657. The first-order chi connectivity index (χ1) is 11.7. The van der Waals surface area contributed by atoms with Gasteiger partial charge >= 0.3 is 0 Å². The number of aliphatic hydroxyl groups is 1. The number of rotatable bonds is 6. The van der Waals surface area contributed by atoms with Crippen molar-refractivity contribution in [3.63, 3.8) is 0 Å². The Morgan fingerprint density at radius 3 is 2.92 bits per heavy atom. The minimum atomic E-state index is -0.342. The third kappa shape index (κ3) is 4.64. The number of amides is 1. The maximum absolute atomic E-state index is 12.1. The van der Waals surface area contributed by atoms with E-state index in [0.29, 0.717) is 37.5 Å². The van der Waals surface area contributed by atoms with Crippen LogP contribution < -0.4 is 5.32 Å². The molecule has 128 valence electrons. The van der Waals surface area contributed by atoms with Gasteiger partial charge in [0, 0.05) is 25.3 Å². The molecule has 0 aliphatic heterocycles. The molecule has 0 spiro atoms. The van der Waals surface area contributed by atoms with Gasteiger partial charge in [-0.15, -0.1) is 0 Å². The predicted molar refractivity (Wildman–Crippen MR) is 88.2 cm³/mol. The number of aliphatic hydroxyl groups excluding tert-OH is 1. The van der Waals surface area contributed by atoms with E-state index in [9.17, 15) is 9.90 Å². The normalized spacial score (nSPS) is 20.7. The zero-order valence-electron chi connectivity index (χ0n) is 13.6. The lowest BCUT2D eigenvalue weighted by atomic mass is 9.87. The smallest absolute Gasteiger partial charge is 0.228 e. The number of aromatic nitrogens is 2. The van der Waals surface area contributed by atoms with Gasteiger partial charge in [-0.1, -0.05) is 41.9 Å². The monoisotopic (exact) mass is 329 g/mol. The van der Waals surface area contributed by atoms with Crippen LogP contribution in [0.1, 0.15) is 43.0 Å². The molecule has 24 heavy (non-hydrogen) atoms. The predicted octanol–water partition coefficient (Wildman–Crippen LogP) is 1.87. The summed E-state index contributed by atoms with van der Waals surface area (Å²) in [6.07, 6.45) is 3.94. The topological polar surface area (TPSA) is 88.3 Å². The van der Waals surface area contributed by atoms with Gasteiger partial charge < -0.3 is 14.9 Å². The first-order valence-electron chi connectivity index (χ1n) is 8.52. The molecule has 0 unspecified atom stereocenters. The van der Waals surface area contributed by atoms with Gasteiger partial charge in [0.15, 0.2) is 5.82 Å². The summed E-state index contributed by atoms with van der Waals surface area (Å²) in [6.45, 7) is 0.471. The van der Waals surface area contributed by atoms with Gasteiger partial charge in [0.25, 0.3) is 0 Å². The number of nitrogens with one attached hydrogen (secondary N) is 1. The molecular weight excluding hydrogens is 306 g/mol. The van der Waals surface area contributed by atoms with Crippen LogP contribution in [0.25, 0.3) is 0 Å². The second-order valence-electron chi connectivity index (χ2n) is 6.33. The molecule has 1 amide bonds. The fourth-order valence-electron chi connectivity index (χ4n) is 3.08. The molecule has 1 saturated carbocycles. The van der Waals surface area contributed by atoms with Crippen LogP contribution in [-0.4, -0.2) is 33.8 Å². The molecule has 1 aromatic carbocycles. The van der Waals surface area contributed by atoms with Crippen molar-refractivity contribution in [2.75, 3.05) is 6.54 Å². The third-order valence-electron chi connectivity index (χ3n) is 4.37. The molecule has 0 radical (unpaired) electrons. The van der Waals surface area contributed by atoms with Crippen molar-refractivity contribution in [2.24, 2.45) is 5.92 Å². The highest BCUT2D eigenvalue weighted by Gasteiger charge is 2.25. The highest BCUT2D eigenvalue weighted by atomic mass is 16.5. The average Bonchev–Trinajstić information content (AvgIpc) is 3.03. The summed E-state index contributed by atoms with van der Waals surface area (Å²) >= 11 is 0. The molecule has 1 aliphatic rings. The molecule has 0 saturated heterocycles. The maximum Gasteiger partial charge on any atom is 0.228 e. The Balaban J connectivity index is 1.43. The van der Waals surface area contributed by atoms with Crippen LogP contribution >= 0.6 is 0 Å². The molecule has 1 aromatic heterocycles. The average molecular weight is 329 g/mol. The Morgan fingerprint density at radius 2 is 2.12 bits per heavy atom. The third-order valence-corrected chi connectivity index (χ3v) is 4.37. The van der Waals surface area contributed by atoms with Crippen molar-refractivity contribution in [1.29, 1.82) is 0 Å². The largest absolute Gasteiger partial charge is 0.393 e. The molecule has 6 nitrogen and oxygen atoms in total. The molecule has 6 heteroatoms. The molecule has 0 bridgehead atoms. The van der Waals surface area contributed by atoms with E-state index in [4.69, 9.17) is 4.52 Å². The highest BCUT2D eigenvalue weighted by Crippen LogP contribution is 2.24. The van der Waals surface area contributed by atoms with E-state index < -0.39 is 0 Å². The lowest BCUT2D eigenvalue weighted by Crippen LogP contribution is -2.36. The maximum atomic E-state index is 12.1. The Kier molecular flexibility index (Phi) is 5.59. The summed E-state index contributed by atoms with van der Waals surface area (Å²) < 4.78 is 5.23. The van der Waals surface area contributed by atoms with Gasteiger partial charge in [0.05, 0.1) is 6.10 Å². The van der Waals surface area contributed by atoms with Crippen molar-refractivity contribution in [2.45, 2.75) is 44.6 Å². The van der Waals surface area contributed by atoms with E-state index in [2.05, 4.69) is 15.5 Å². The molecule has 1 fully saturated rings. The number of nitrogens with zero attached hydrogens (tertiary/aromatic N) is 2. The summed E-state index contributed by atoms with van der Waals surface area (Å²) in [5.41, 5.74) is 1.13. The van der Waals surface area contributed by atoms with Gasteiger partial charge in [-0.25, -0.2) is 0 Å². The van der Waals surface area contributed by atoms with Gasteiger partial charge in [-0.3, -0.25) is 4.79 Å². The summed E-state index contributed by atoms with van der Waals surface area (Å²) in [6, 6.07) is 9.98. The minimum absolute atomic E-state index is 0.0118. The molecular formula is C18H23N3O3. The van der Waals surface area contributed by atoms with Crippen LogP contribution in [0.5, 0.6) is 0 Å². The fraction of sp³-hybridized carbons (Fsp3) is 0.500. The van der Waals surface area contributed by atoms with E-state index >= 15 is 0 Å². The van der Waals surface area contributed by atoms with Crippen LogP contribution in [0.15, 0.2) is 34.9 Å². The molecule has 3 rings (SSSR count). The standard InChI is InChI=1S/C18H23N3O3/c22-15-8-4-7-14(12-15)18(23)19-10-9-17-20-16(21-24-17)11-13-5-2-1-3-6-13/h1-3,5-6,14-15,22H,4,7-12H2,(H,19,23)/t14-,15+/m1/s1. The number of benzene rings is 1. The lowest BCUT2D eigenvalue weighted by Gasteiger charge is -2.24. The van der Waals surface area contributed by atoms with Crippen LogP contribution in [0.3, 0.4) is 0 Å². The van der Waals surface area contributed by atoms with Crippen molar-refractivity contribution in [1.82, 2.24) is 15.5 Å². The van der Waals surface area contributed by atoms with Crippen LogP contribution in [0, 0.1) is 5.92 Å². The van der Waals surface area contributed by atoms with Gasteiger partial charge in [0.1, 0.15) is 0 Å². The zero-order valence-corrected chi connectivity index (χ0v) is 13.6. The Labute approximate surface area is 141 Å². The molecule has 1 heterocycles. The lowest BCUT2D eigenvalue weighted by molar-refractivity contribution is -0.127.